The second kappa shape index (κ2) is 8.89. The summed E-state index contributed by atoms with van der Waals surface area (Å²) in [6.45, 7) is 7.48. The van der Waals surface area contributed by atoms with Crippen LogP contribution in [0.5, 0.6) is 0 Å². The van der Waals surface area contributed by atoms with Crippen LogP contribution in [-0.2, 0) is 0 Å². The first-order valence-corrected chi connectivity index (χ1v) is 9.81. The molecular weight excluding hydrogens is 388 g/mol. The zero-order valence-electron chi connectivity index (χ0n) is 17.5. The number of aliphatic imine (C=N–C) groups is 1. The minimum atomic E-state index is -0.547. The van der Waals surface area contributed by atoms with Crippen LogP contribution >= 0.6 is 0 Å². The monoisotopic (exact) mass is 415 g/mol. The summed E-state index contributed by atoms with van der Waals surface area (Å²) in [7, 11) is 0. The summed E-state index contributed by atoms with van der Waals surface area (Å²) >= 11 is 0. The minimum absolute atomic E-state index is 0.0270. The van der Waals surface area contributed by atoms with E-state index in [1.54, 1.807) is 31.2 Å². The largest absolute Gasteiger partial charge is 0.351 e. The van der Waals surface area contributed by atoms with Gasteiger partial charge in [0.25, 0.3) is 5.91 Å². The predicted octanol–water partition coefficient (Wildman–Crippen LogP) is 3.31. The third-order valence-electron chi connectivity index (χ3n) is 4.61. The highest BCUT2D eigenvalue weighted by atomic mass is 19.1. The van der Waals surface area contributed by atoms with Crippen molar-refractivity contribution in [2.45, 2.75) is 51.9 Å². The third kappa shape index (κ3) is 5.84. The quantitative estimate of drug-likeness (QED) is 0.457. The Morgan fingerprint density at radius 2 is 1.80 bits per heavy atom. The zero-order chi connectivity index (χ0) is 21.9. The van der Waals surface area contributed by atoms with Gasteiger partial charge in [0.1, 0.15) is 11.6 Å². The van der Waals surface area contributed by atoms with Crippen molar-refractivity contribution in [2.75, 3.05) is 0 Å². The number of hydrogen-bond acceptors (Lipinski definition) is 3. The Labute approximate surface area is 175 Å². The average molecular weight is 415 g/mol. The van der Waals surface area contributed by atoms with Gasteiger partial charge in [0.05, 0.1) is 6.17 Å². The standard InChI is InChI=1S/C22H27F2N5O/c1-13-5-6-15(11-17(13)24)20(30)26-21(27-22(2,3)4)25-19-12-18(28-29-19)14-7-9-16(23)10-8-14/h5-11,18-19,28-29H,12H2,1-4H3,(H2,25,26,27,30). The summed E-state index contributed by atoms with van der Waals surface area (Å²) in [5.41, 5.74) is 7.51. The van der Waals surface area contributed by atoms with E-state index in [1.165, 1.54) is 18.2 Å². The Kier molecular flexibility index (Phi) is 6.48. The van der Waals surface area contributed by atoms with Crippen LogP contribution in [-0.4, -0.2) is 23.6 Å². The number of carbonyl (C=O) groups is 1. The van der Waals surface area contributed by atoms with Crippen molar-refractivity contribution in [1.29, 1.82) is 0 Å². The number of hydrazine groups is 1. The maximum absolute atomic E-state index is 13.8. The summed E-state index contributed by atoms with van der Waals surface area (Å²) in [5.74, 6) is -0.992. The van der Waals surface area contributed by atoms with Crippen molar-refractivity contribution < 1.29 is 13.6 Å². The van der Waals surface area contributed by atoms with Crippen LogP contribution < -0.4 is 21.5 Å². The van der Waals surface area contributed by atoms with Gasteiger partial charge < -0.3 is 10.6 Å². The number of nitrogens with zero attached hydrogens (tertiary/aromatic N) is 1. The lowest BCUT2D eigenvalue weighted by atomic mass is 10.0. The number of nitrogens with one attached hydrogen (secondary N) is 4. The van der Waals surface area contributed by atoms with Crippen molar-refractivity contribution in [2.24, 2.45) is 4.99 Å². The molecule has 0 aromatic heterocycles. The molecule has 3 rings (SSSR count). The molecule has 6 nitrogen and oxygen atoms in total. The Bertz CT molecular complexity index is 938. The number of benzene rings is 2. The molecule has 1 saturated heterocycles. The van der Waals surface area contributed by atoms with Gasteiger partial charge in [0.15, 0.2) is 0 Å². The van der Waals surface area contributed by atoms with Crippen molar-refractivity contribution in [3.05, 3.63) is 70.8 Å². The van der Waals surface area contributed by atoms with Crippen molar-refractivity contribution in [1.82, 2.24) is 21.5 Å². The zero-order valence-corrected chi connectivity index (χ0v) is 17.5. The lowest BCUT2D eigenvalue weighted by Gasteiger charge is -2.25. The van der Waals surface area contributed by atoms with E-state index in [9.17, 15) is 13.6 Å². The maximum atomic E-state index is 13.8. The summed E-state index contributed by atoms with van der Waals surface area (Å²) in [6.07, 6.45) is 0.417. The van der Waals surface area contributed by atoms with Gasteiger partial charge in [0, 0.05) is 23.6 Å². The molecule has 2 aromatic rings. The topological polar surface area (TPSA) is 77.5 Å². The molecule has 160 valence electrons. The number of guanidine groups is 1. The smallest absolute Gasteiger partial charge is 0.280 e. The van der Waals surface area contributed by atoms with E-state index >= 15 is 0 Å². The fourth-order valence-electron chi connectivity index (χ4n) is 3.07. The molecule has 8 heteroatoms. The van der Waals surface area contributed by atoms with E-state index in [0.29, 0.717) is 12.0 Å². The minimum Gasteiger partial charge on any atom is -0.351 e. The second-order valence-corrected chi connectivity index (χ2v) is 8.43. The Hall–Kier alpha value is -2.84. The van der Waals surface area contributed by atoms with Crippen LogP contribution in [0.1, 0.15) is 54.7 Å². The summed E-state index contributed by atoms with van der Waals surface area (Å²) in [5, 5.41) is 6.37. The SMILES string of the molecule is Cc1ccc(C(=O)/N=C(\NC2CC(c3ccc(F)cc3)NN2)NC(C)(C)C)cc1F. The molecular formula is C22H27F2N5O. The fourth-order valence-corrected chi connectivity index (χ4v) is 3.07. The molecule has 2 atom stereocenters. The molecule has 1 fully saturated rings. The van der Waals surface area contributed by atoms with E-state index in [1.807, 2.05) is 20.8 Å². The van der Waals surface area contributed by atoms with Crippen LogP contribution in [0.3, 0.4) is 0 Å². The molecule has 2 aromatic carbocycles. The number of hydrogen-bond donors (Lipinski definition) is 4. The molecule has 4 N–H and O–H groups in total. The molecule has 1 heterocycles. The Morgan fingerprint density at radius 3 is 2.43 bits per heavy atom. The van der Waals surface area contributed by atoms with Crippen molar-refractivity contribution >= 4 is 11.9 Å². The summed E-state index contributed by atoms with van der Waals surface area (Å²) in [4.78, 5) is 16.7. The van der Waals surface area contributed by atoms with Crippen LogP contribution in [0.25, 0.3) is 0 Å². The summed E-state index contributed by atoms with van der Waals surface area (Å²) in [6, 6.07) is 10.6. The Balaban J connectivity index is 1.73. The van der Waals surface area contributed by atoms with E-state index < -0.39 is 11.7 Å². The molecule has 1 amide bonds. The van der Waals surface area contributed by atoms with Crippen LogP contribution in [0.15, 0.2) is 47.5 Å². The van der Waals surface area contributed by atoms with Gasteiger partial charge in [-0.25, -0.2) is 19.6 Å². The first kappa shape index (κ1) is 21.9. The third-order valence-corrected chi connectivity index (χ3v) is 4.61. The normalized spacial score (nSPS) is 19.6. The second-order valence-electron chi connectivity index (χ2n) is 8.43. The van der Waals surface area contributed by atoms with Gasteiger partial charge in [-0.2, -0.15) is 4.99 Å². The van der Waals surface area contributed by atoms with Gasteiger partial charge in [-0.3, -0.25) is 4.79 Å². The Morgan fingerprint density at radius 1 is 1.10 bits per heavy atom. The van der Waals surface area contributed by atoms with Gasteiger partial charge in [-0.15, -0.1) is 0 Å². The van der Waals surface area contributed by atoms with Gasteiger partial charge in [-0.05, 0) is 63.1 Å². The molecule has 0 saturated carbocycles. The maximum Gasteiger partial charge on any atom is 0.280 e. The molecule has 0 aliphatic carbocycles. The summed E-state index contributed by atoms with van der Waals surface area (Å²) < 4.78 is 27.0. The van der Waals surface area contributed by atoms with E-state index in [0.717, 1.165) is 5.56 Å². The lowest BCUT2D eigenvalue weighted by Crippen LogP contribution is -2.54. The molecule has 0 bridgehead atoms. The number of aryl methyl sites for hydroxylation is 1. The first-order chi connectivity index (χ1) is 14.1. The molecule has 2 unspecified atom stereocenters. The average Bonchev–Trinajstić information content (AvgIpc) is 3.11. The molecule has 1 aliphatic heterocycles. The highest BCUT2D eigenvalue weighted by Gasteiger charge is 2.27. The van der Waals surface area contributed by atoms with Crippen molar-refractivity contribution in [3.8, 4) is 0 Å². The number of carbonyl (C=O) groups excluding carboxylic acids is 1. The van der Waals surface area contributed by atoms with E-state index in [4.69, 9.17) is 0 Å². The van der Waals surface area contributed by atoms with Gasteiger partial charge >= 0.3 is 0 Å². The molecule has 30 heavy (non-hydrogen) atoms. The van der Waals surface area contributed by atoms with Gasteiger partial charge in [-0.1, -0.05) is 18.2 Å². The number of halogens is 2. The van der Waals surface area contributed by atoms with E-state index in [2.05, 4.69) is 26.5 Å². The highest BCUT2D eigenvalue weighted by molar-refractivity contribution is 6.02. The molecule has 0 spiro atoms. The molecule has 1 aliphatic rings. The predicted molar refractivity (Wildman–Crippen MR) is 113 cm³/mol. The van der Waals surface area contributed by atoms with Crippen molar-refractivity contribution in [3.63, 3.8) is 0 Å². The highest BCUT2D eigenvalue weighted by Crippen LogP contribution is 2.21. The number of amides is 1. The van der Waals surface area contributed by atoms with Crippen LogP contribution in [0.4, 0.5) is 8.78 Å². The first-order valence-electron chi connectivity index (χ1n) is 9.81. The van der Waals surface area contributed by atoms with E-state index in [-0.39, 0.29) is 35.1 Å². The van der Waals surface area contributed by atoms with Gasteiger partial charge in [0.2, 0.25) is 5.96 Å². The number of rotatable bonds is 3. The van der Waals surface area contributed by atoms with Crippen LogP contribution in [0.2, 0.25) is 0 Å². The van der Waals surface area contributed by atoms with Crippen LogP contribution in [0, 0.1) is 18.6 Å². The lowest BCUT2D eigenvalue weighted by molar-refractivity contribution is 0.100. The molecule has 0 radical (unpaired) electrons. The fraction of sp³-hybridized carbons (Fsp3) is 0.364.